The van der Waals surface area contributed by atoms with Crippen LogP contribution < -0.4 is 11.2 Å². The average molecular weight is 449 g/mol. The molecule has 9 nitrogen and oxygen atoms in total. The maximum absolute atomic E-state index is 13.5. The Bertz CT molecular complexity index is 1590. The first-order valence-corrected chi connectivity index (χ1v) is 9.87. The Labute approximate surface area is 186 Å². The molecule has 0 aliphatic rings. The van der Waals surface area contributed by atoms with Crippen molar-refractivity contribution in [3.63, 3.8) is 0 Å². The summed E-state index contributed by atoms with van der Waals surface area (Å²) in [7, 11) is 1.70. The van der Waals surface area contributed by atoms with E-state index < -0.39 is 11.2 Å². The summed E-state index contributed by atoms with van der Waals surface area (Å²) in [6, 6.07) is 3.55. The molecule has 10 heteroatoms. The lowest BCUT2D eigenvalue weighted by Crippen LogP contribution is -2.39. The number of halogens is 1. The van der Waals surface area contributed by atoms with Crippen LogP contribution in [0.2, 0.25) is 0 Å². The molecule has 0 radical (unpaired) electrons. The molecule has 32 heavy (non-hydrogen) atoms. The Hall–Kier alpha value is -4.16. The second-order valence-corrected chi connectivity index (χ2v) is 7.35. The van der Waals surface area contributed by atoms with E-state index in [0.29, 0.717) is 16.5 Å². The van der Waals surface area contributed by atoms with Gasteiger partial charge >= 0.3 is 11.2 Å². The minimum atomic E-state index is -0.668. The van der Waals surface area contributed by atoms with Crippen LogP contribution in [0.4, 0.5) is 0 Å². The molecule has 4 rings (SSSR count). The molecule has 0 bridgehead atoms. The molecule has 4 aromatic heterocycles. The average Bonchev–Trinajstić information content (AvgIpc) is 3.37. The lowest BCUT2D eigenvalue weighted by molar-refractivity contribution is 0.582. The van der Waals surface area contributed by atoms with Crippen molar-refractivity contribution in [3.8, 4) is 11.8 Å². The second-order valence-electron chi connectivity index (χ2n) is 6.89. The zero-order valence-electron chi connectivity index (χ0n) is 17.1. The summed E-state index contributed by atoms with van der Waals surface area (Å²) < 4.78 is 9.72. The fraction of sp³-hybridized carbons (Fsp3) is 0.136. The third-order valence-corrected chi connectivity index (χ3v) is 5.18. The lowest BCUT2D eigenvalue weighted by Gasteiger charge is -2.11. The predicted octanol–water partition coefficient (Wildman–Crippen LogP) is 3.26. The number of aromatic nitrogens is 5. The third-order valence-electron chi connectivity index (χ3n) is 4.97. The molecular weight excluding hydrogens is 432 g/mol. The van der Waals surface area contributed by atoms with Crippen LogP contribution in [0.25, 0.3) is 33.3 Å². The molecule has 0 unspecified atom stereocenters. The van der Waals surface area contributed by atoms with Crippen molar-refractivity contribution < 1.29 is 4.42 Å². The molecule has 0 aliphatic heterocycles. The zero-order valence-corrected chi connectivity index (χ0v) is 17.8. The van der Waals surface area contributed by atoms with E-state index in [2.05, 4.69) is 23.2 Å². The second kappa shape index (κ2) is 8.17. The maximum Gasteiger partial charge on any atom is 0.336 e. The van der Waals surface area contributed by atoms with E-state index in [1.807, 2.05) is 6.07 Å². The molecule has 0 aromatic carbocycles. The Morgan fingerprint density at radius 1 is 1.34 bits per heavy atom. The highest BCUT2D eigenvalue weighted by Gasteiger charge is 2.22. The first kappa shape index (κ1) is 21.1. The minimum absolute atomic E-state index is 0.0550. The van der Waals surface area contributed by atoms with Crippen LogP contribution in [-0.4, -0.2) is 23.9 Å². The van der Waals surface area contributed by atoms with Gasteiger partial charge in [-0.05, 0) is 0 Å². The number of hydrogen-bond donors (Lipinski definition) is 0. The highest BCUT2D eigenvalue weighted by atomic mass is 35.5. The van der Waals surface area contributed by atoms with Gasteiger partial charge in [-0.2, -0.15) is 10.4 Å². The smallest absolute Gasteiger partial charge is 0.336 e. The lowest BCUT2D eigenvalue weighted by atomic mass is 10.2. The number of rotatable bonds is 6. The quantitative estimate of drug-likeness (QED) is 0.418. The highest BCUT2D eigenvalue weighted by molar-refractivity contribution is 6.36. The summed E-state index contributed by atoms with van der Waals surface area (Å²) in [4.78, 5) is 31.1. The number of furan rings is 1. The fourth-order valence-electron chi connectivity index (χ4n) is 3.57. The molecule has 160 valence electrons. The van der Waals surface area contributed by atoms with Gasteiger partial charge in [-0.15, -0.1) is 0 Å². The highest BCUT2D eigenvalue weighted by Crippen LogP contribution is 2.29. The zero-order chi connectivity index (χ0) is 23.0. The van der Waals surface area contributed by atoms with Crippen molar-refractivity contribution >= 4 is 39.2 Å². The summed E-state index contributed by atoms with van der Waals surface area (Å²) in [5.74, 6) is 0.247. The Balaban J connectivity index is 2.13. The largest absolute Gasteiger partial charge is 0.449 e. The number of hydrogen-bond acceptors (Lipinski definition) is 6. The van der Waals surface area contributed by atoms with Gasteiger partial charge < -0.3 is 4.42 Å². The Morgan fingerprint density at radius 3 is 2.81 bits per heavy atom. The van der Waals surface area contributed by atoms with Gasteiger partial charge in [-0.3, -0.25) is 19.0 Å². The predicted molar refractivity (Wildman–Crippen MR) is 122 cm³/mol. The molecule has 0 saturated heterocycles. The van der Waals surface area contributed by atoms with E-state index in [-0.39, 0.29) is 40.5 Å². The Kier molecular flexibility index (Phi) is 5.38. The van der Waals surface area contributed by atoms with Crippen LogP contribution in [-0.2, 0) is 13.6 Å². The topological polar surface area (TPSA) is 112 Å². The summed E-state index contributed by atoms with van der Waals surface area (Å²) in [6.45, 7) is 7.42. The van der Waals surface area contributed by atoms with Crippen molar-refractivity contribution in [1.29, 1.82) is 5.26 Å². The molecule has 4 aromatic rings. The maximum atomic E-state index is 13.5. The molecular formula is C22H17ClN6O3. The van der Waals surface area contributed by atoms with Gasteiger partial charge in [-0.25, -0.2) is 9.36 Å². The summed E-state index contributed by atoms with van der Waals surface area (Å²) in [5, 5.41) is 14.1. The number of aryl methyl sites for hydroxylation is 2. The van der Waals surface area contributed by atoms with E-state index in [0.717, 1.165) is 4.57 Å². The van der Waals surface area contributed by atoms with Gasteiger partial charge in [0.2, 0.25) is 5.58 Å². The molecule has 0 amide bonds. The van der Waals surface area contributed by atoms with E-state index in [9.17, 15) is 9.59 Å². The summed E-state index contributed by atoms with van der Waals surface area (Å²) in [5.41, 5.74) is 0.116. The first-order valence-electron chi connectivity index (χ1n) is 9.49. The van der Waals surface area contributed by atoms with Crippen LogP contribution in [0.5, 0.6) is 0 Å². The van der Waals surface area contributed by atoms with Crippen LogP contribution in [0, 0.1) is 11.3 Å². The van der Waals surface area contributed by atoms with Gasteiger partial charge in [0, 0.05) is 41.8 Å². The van der Waals surface area contributed by atoms with Crippen molar-refractivity contribution in [1.82, 2.24) is 23.9 Å². The summed E-state index contributed by atoms with van der Waals surface area (Å²) in [6.07, 6.45) is 7.75. The van der Waals surface area contributed by atoms with Crippen molar-refractivity contribution in [2.24, 2.45) is 7.05 Å². The normalized spacial score (nSPS) is 11.7. The number of allylic oxidation sites excluding steroid dienone is 4. The van der Waals surface area contributed by atoms with Crippen LogP contribution in [0.3, 0.4) is 0 Å². The number of nitriles is 1. The minimum Gasteiger partial charge on any atom is -0.449 e. The molecule has 0 saturated carbocycles. The molecule has 4 heterocycles. The monoisotopic (exact) mass is 448 g/mol. The van der Waals surface area contributed by atoms with E-state index in [1.165, 1.54) is 22.9 Å². The van der Waals surface area contributed by atoms with Crippen molar-refractivity contribution in [2.45, 2.75) is 13.0 Å². The van der Waals surface area contributed by atoms with E-state index in [1.54, 1.807) is 30.2 Å². The van der Waals surface area contributed by atoms with Gasteiger partial charge in [-0.1, -0.05) is 36.9 Å². The molecule has 0 spiro atoms. The van der Waals surface area contributed by atoms with Gasteiger partial charge in [0.15, 0.2) is 0 Å². The number of nitrogens with zero attached hydrogens (tertiary/aromatic N) is 6. The van der Waals surface area contributed by atoms with E-state index >= 15 is 0 Å². The molecule has 0 fully saturated rings. The summed E-state index contributed by atoms with van der Waals surface area (Å²) >= 11 is 6.09. The van der Waals surface area contributed by atoms with Crippen LogP contribution in [0.15, 0.2) is 69.0 Å². The van der Waals surface area contributed by atoms with Crippen molar-refractivity contribution in [2.75, 3.05) is 0 Å². The Morgan fingerprint density at radius 2 is 2.12 bits per heavy atom. The van der Waals surface area contributed by atoms with Crippen molar-refractivity contribution in [3.05, 3.63) is 81.6 Å². The van der Waals surface area contributed by atoms with Gasteiger partial charge in [0.05, 0.1) is 41.6 Å². The van der Waals surface area contributed by atoms with Gasteiger partial charge in [0.1, 0.15) is 5.76 Å². The third kappa shape index (κ3) is 3.27. The SMILES string of the molecule is C=C/C=C(\C(=C)Cl)c1cc2c(o1)c(=O)n(-c1cncc3cnn(C)c13)c(=O)n2CCC#N. The fourth-order valence-corrected chi connectivity index (χ4v) is 3.73. The van der Waals surface area contributed by atoms with E-state index in [4.69, 9.17) is 21.3 Å². The number of pyridine rings is 1. The molecule has 0 atom stereocenters. The van der Waals surface area contributed by atoms with Crippen LogP contribution in [0.1, 0.15) is 12.2 Å². The first-order chi connectivity index (χ1) is 15.4. The number of fused-ring (bicyclic) bond motifs is 2. The van der Waals surface area contributed by atoms with Gasteiger partial charge in [0.25, 0.3) is 0 Å². The standard InChI is InChI=1S/C22H17ClN6O3/c1-4-6-15(13(2)23)18-9-16-20(32-18)21(30)29(22(31)28(16)8-5-7-24)17-12-25-10-14-11-26-27(3)19(14)17/h4,6,9-12H,1-2,5,8H2,3H3/b15-6+. The molecule has 0 aliphatic carbocycles. The molecule has 0 N–H and O–H groups in total. The van der Waals surface area contributed by atoms with Crippen LogP contribution >= 0.6 is 11.6 Å².